The Balaban J connectivity index is 2.05. The summed E-state index contributed by atoms with van der Waals surface area (Å²) in [6.07, 6.45) is 1.41. The highest BCUT2D eigenvalue weighted by Crippen LogP contribution is 2.16. The lowest BCUT2D eigenvalue weighted by Gasteiger charge is -2.10. The molecule has 0 aliphatic carbocycles. The summed E-state index contributed by atoms with van der Waals surface area (Å²) in [6.45, 7) is 4.72. The van der Waals surface area contributed by atoms with E-state index in [1.54, 1.807) is 4.68 Å². The summed E-state index contributed by atoms with van der Waals surface area (Å²) in [5.41, 5.74) is 1.99. The Bertz CT molecular complexity index is 462. The molecule has 1 atom stereocenters. The fraction of sp³-hybridized carbons (Fsp3) is 0.357. The Labute approximate surface area is 102 Å². The molecule has 3 nitrogen and oxygen atoms in total. The van der Waals surface area contributed by atoms with Crippen molar-refractivity contribution in [1.82, 2.24) is 9.78 Å². The fourth-order valence-electron chi connectivity index (χ4n) is 1.74. The number of benzene rings is 1. The van der Waals surface area contributed by atoms with E-state index in [0.29, 0.717) is 12.5 Å². The molecule has 0 saturated carbocycles. The lowest BCUT2D eigenvalue weighted by atomic mass is 10.1. The summed E-state index contributed by atoms with van der Waals surface area (Å²) < 4.78 is 1.80. The summed E-state index contributed by atoms with van der Waals surface area (Å²) in [4.78, 5) is 0. The van der Waals surface area contributed by atoms with Gasteiger partial charge < -0.3 is 5.11 Å². The molecule has 0 saturated heterocycles. The highest BCUT2D eigenvalue weighted by atomic mass is 16.3. The number of aliphatic hydroxyl groups is 1. The van der Waals surface area contributed by atoms with Gasteiger partial charge in [0, 0.05) is 6.20 Å². The van der Waals surface area contributed by atoms with Crippen LogP contribution in [0.5, 0.6) is 0 Å². The van der Waals surface area contributed by atoms with Crippen molar-refractivity contribution in [2.45, 2.75) is 32.4 Å². The van der Waals surface area contributed by atoms with Crippen molar-refractivity contribution in [3.8, 4) is 0 Å². The normalized spacial score (nSPS) is 12.9. The predicted octanol–water partition coefficient (Wildman–Crippen LogP) is 2.74. The smallest absolute Gasteiger partial charge is 0.0985 e. The molecular formula is C14H18N2O. The zero-order valence-electron chi connectivity index (χ0n) is 10.2. The molecule has 1 N–H and O–H groups in total. The third-order valence-electron chi connectivity index (χ3n) is 2.80. The SMILES string of the molecule is CC(C)c1ccn(CC(O)c2ccccc2)n1. The van der Waals surface area contributed by atoms with Gasteiger partial charge in [0.15, 0.2) is 0 Å². The standard InChI is InChI=1S/C14H18N2O/c1-11(2)13-8-9-16(15-13)10-14(17)12-6-4-3-5-7-12/h3-9,11,14,17H,10H2,1-2H3. The van der Waals surface area contributed by atoms with Gasteiger partial charge in [-0.1, -0.05) is 44.2 Å². The first-order valence-corrected chi connectivity index (χ1v) is 5.93. The van der Waals surface area contributed by atoms with Gasteiger partial charge in [0.05, 0.1) is 18.3 Å². The molecule has 0 aliphatic rings. The first-order chi connectivity index (χ1) is 8.16. The summed E-state index contributed by atoms with van der Waals surface area (Å²) in [6, 6.07) is 11.7. The Morgan fingerprint density at radius 1 is 1.18 bits per heavy atom. The molecule has 0 amide bonds. The Morgan fingerprint density at radius 3 is 2.47 bits per heavy atom. The van der Waals surface area contributed by atoms with Crippen molar-refractivity contribution in [3.05, 3.63) is 53.9 Å². The van der Waals surface area contributed by atoms with E-state index in [2.05, 4.69) is 18.9 Å². The van der Waals surface area contributed by atoms with Gasteiger partial charge in [-0.25, -0.2) is 0 Å². The van der Waals surface area contributed by atoms with E-state index in [0.717, 1.165) is 11.3 Å². The summed E-state index contributed by atoms with van der Waals surface area (Å²) >= 11 is 0. The minimum Gasteiger partial charge on any atom is -0.386 e. The topological polar surface area (TPSA) is 38.0 Å². The molecule has 0 bridgehead atoms. The Morgan fingerprint density at radius 2 is 1.88 bits per heavy atom. The van der Waals surface area contributed by atoms with Crippen LogP contribution >= 0.6 is 0 Å². The highest BCUT2D eigenvalue weighted by Gasteiger charge is 2.09. The first kappa shape index (κ1) is 11.9. The number of aromatic nitrogens is 2. The molecule has 1 heterocycles. The monoisotopic (exact) mass is 230 g/mol. The fourth-order valence-corrected chi connectivity index (χ4v) is 1.74. The number of nitrogens with zero attached hydrogens (tertiary/aromatic N) is 2. The molecule has 0 radical (unpaired) electrons. The zero-order valence-corrected chi connectivity index (χ0v) is 10.2. The average Bonchev–Trinajstić information content (AvgIpc) is 2.79. The van der Waals surface area contributed by atoms with E-state index in [1.165, 1.54) is 0 Å². The van der Waals surface area contributed by atoms with E-state index in [-0.39, 0.29) is 0 Å². The van der Waals surface area contributed by atoms with Crippen molar-refractivity contribution >= 4 is 0 Å². The Kier molecular flexibility index (Phi) is 3.59. The van der Waals surface area contributed by atoms with Crippen molar-refractivity contribution in [2.24, 2.45) is 0 Å². The molecule has 1 unspecified atom stereocenters. The molecule has 0 aliphatic heterocycles. The van der Waals surface area contributed by atoms with Crippen molar-refractivity contribution in [1.29, 1.82) is 0 Å². The van der Waals surface area contributed by atoms with Crippen LogP contribution < -0.4 is 0 Å². The van der Waals surface area contributed by atoms with Crippen LogP contribution in [0.25, 0.3) is 0 Å². The van der Waals surface area contributed by atoms with Gasteiger partial charge >= 0.3 is 0 Å². The number of aliphatic hydroxyl groups excluding tert-OH is 1. The molecule has 90 valence electrons. The maximum absolute atomic E-state index is 10.1. The summed E-state index contributed by atoms with van der Waals surface area (Å²) in [5.74, 6) is 0.421. The summed E-state index contributed by atoms with van der Waals surface area (Å²) in [5, 5.41) is 14.5. The van der Waals surface area contributed by atoms with Crippen LogP contribution in [0.2, 0.25) is 0 Å². The third kappa shape index (κ3) is 2.94. The number of rotatable bonds is 4. The molecule has 1 aromatic carbocycles. The second-order valence-corrected chi connectivity index (χ2v) is 4.54. The predicted molar refractivity (Wildman–Crippen MR) is 67.7 cm³/mol. The van der Waals surface area contributed by atoms with Gasteiger partial charge in [0.25, 0.3) is 0 Å². The van der Waals surface area contributed by atoms with Crippen LogP contribution in [0.15, 0.2) is 42.6 Å². The van der Waals surface area contributed by atoms with Crippen molar-refractivity contribution in [2.75, 3.05) is 0 Å². The third-order valence-corrected chi connectivity index (χ3v) is 2.80. The van der Waals surface area contributed by atoms with Crippen molar-refractivity contribution in [3.63, 3.8) is 0 Å². The number of hydrogen-bond donors (Lipinski definition) is 1. The van der Waals surface area contributed by atoms with Gasteiger partial charge in [-0.2, -0.15) is 5.10 Å². The van der Waals surface area contributed by atoms with E-state index in [4.69, 9.17) is 0 Å². The minimum atomic E-state index is -0.504. The molecule has 2 aromatic rings. The molecule has 0 spiro atoms. The number of hydrogen-bond acceptors (Lipinski definition) is 2. The van der Waals surface area contributed by atoms with Gasteiger partial charge in [-0.05, 0) is 17.5 Å². The molecule has 3 heteroatoms. The average molecular weight is 230 g/mol. The molecule has 0 fully saturated rings. The second-order valence-electron chi connectivity index (χ2n) is 4.54. The van der Waals surface area contributed by atoms with Gasteiger partial charge in [0.2, 0.25) is 0 Å². The first-order valence-electron chi connectivity index (χ1n) is 5.93. The van der Waals surface area contributed by atoms with Gasteiger partial charge in [-0.3, -0.25) is 4.68 Å². The van der Waals surface area contributed by atoms with Crippen LogP contribution in [-0.2, 0) is 6.54 Å². The second kappa shape index (κ2) is 5.15. The lowest BCUT2D eigenvalue weighted by Crippen LogP contribution is -2.09. The summed E-state index contributed by atoms with van der Waals surface area (Å²) in [7, 11) is 0. The van der Waals surface area contributed by atoms with Crippen LogP contribution in [0.4, 0.5) is 0 Å². The van der Waals surface area contributed by atoms with Crippen molar-refractivity contribution < 1.29 is 5.11 Å². The maximum atomic E-state index is 10.1. The molecule has 17 heavy (non-hydrogen) atoms. The van der Waals surface area contributed by atoms with Crippen LogP contribution in [0.3, 0.4) is 0 Å². The van der Waals surface area contributed by atoms with Crippen LogP contribution in [0.1, 0.15) is 37.1 Å². The molecule has 2 rings (SSSR count). The minimum absolute atomic E-state index is 0.421. The van der Waals surface area contributed by atoms with Crippen LogP contribution in [-0.4, -0.2) is 14.9 Å². The molecular weight excluding hydrogens is 212 g/mol. The van der Waals surface area contributed by atoms with E-state index < -0.39 is 6.10 Å². The quantitative estimate of drug-likeness (QED) is 0.877. The largest absolute Gasteiger partial charge is 0.386 e. The van der Waals surface area contributed by atoms with Gasteiger partial charge in [0.1, 0.15) is 0 Å². The molecule has 1 aromatic heterocycles. The van der Waals surface area contributed by atoms with Gasteiger partial charge in [-0.15, -0.1) is 0 Å². The lowest BCUT2D eigenvalue weighted by molar-refractivity contribution is 0.151. The highest BCUT2D eigenvalue weighted by molar-refractivity contribution is 5.17. The van der Waals surface area contributed by atoms with Crippen LogP contribution in [0, 0.1) is 0 Å². The Hall–Kier alpha value is -1.61. The van der Waals surface area contributed by atoms with E-state index in [9.17, 15) is 5.11 Å². The van der Waals surface area contributed by atoms with E-state index >= 15 is 0 Å². The van der Waals surface area contributed by atoms with E-state index in [1.807, 2.05) is 42.6 Å². The maximum Gasteiger partial charge on any atom is 0.0985 e. The zero-order chi connectivity index (χ0) is 12.3.